The molecule has 0 spiro atoms. The highest BCUT2D eigenvalue weighted by Crippen LogP contribution is 2.42. The van der Waals surface area contributed by atoms with Crippen LogP contribution in [0, 0.1) is 5.41 Å². The van der Waals surface area contributed by atoms with Gasteiger partial charge >= 0.3 is 0 Å². The Morgan fingerprint density at radius 3 is 2.19 bits per heavy atom. The predicted octanol–water partition coefficient (Wildman–Crippen LogP) is 3.73. The Kier molecular flexibility index (Phi) is 4.54. The van der Waals surface area contributed by atoms with Crippen LogP contribution < -0.4 is 0 Å². The van der Waals surface area contributed by atoms with Crippen LogP contribution in [0.15, 0.2) is 0 Å². The molecule has 0 N–H and O–H groups in total. The summed E-state index contributed by atoms with van der Waals surface area (Å²) < 4.78 is 5.58. The van der Waals surface area contributed by atoms with E-state index in [0.717, 1.165) is 38.5 Å². The van der Waals surface area contributed by atoms with Crippen molar-refractivity contribution in [2.45, 2.75) is 71.3 Å². The molecule has 0 unspecified atom stereocenters. The Balaban J connectivity index is 2.62. The molecule has 0 radical (unpaired) electrons. The molecule has 0 saturated heterocycles. The Hall–Kier alpha value is -0.370. The number of ketones is 1. The quantitative estimate of drug-likeness (QED) is 0.714. The summed E-state index contributed by atoms with van der Waals surface area (Å²) in [5.74, 6) is 0.326. The van der Waals surface area contributed by atoms with Gasteiger partial charge in [0.05, 0.1) is 0 Å². The van der Waals surface area contributed by atoms with Crippen LogP contribution in [0.1, 0.15) is 65.7 Å². The highest BCUT2D eigenvalue weighted by atomic mass is 16.5. The Morgan fingerprint density at radius 2 is 1.75 bits per heavy atom. The molecule has 0 aromatic rings. The molecule has 0 heterocycles. The van der Waals surface area contributed by atoms with E-state index in [1.807, 2.05) is 0 Å². The molecule has 1 fully saturated rings. The highest BCUT2D eigenvalue weighted by Gasteiger charge is 2.43. The first-order valence-corrected chi connectivity index (χ1v) is 6.54. The van der Waals surface area contributed by atoms with Crippen LogP contribution in [0.4, 0.5) is 0 Å². The lowest BCUT2D eigenvalue weighted by molar-refractivity contribution is -0.148. The summed E-state index contributed by atoms with van der Waals surface area (Å²) in [7, 11) is 1.70. The van der Waals surface area contributed by atoms with E-state index in [2.05, 4.69) is 20.8 Å². The summed E-state index contributed by atoms with van der Waals surface area (Å²) in [6, 6.07) is 0. The van der Waals surface area contributed by atoms with Crippen molar-refractivity contribution in [3.63, 3.8) is 0 Å². The van der Waals surface area contributed by atoms with Crippen LogP contribution in [0.3, 0.4) is 0 Å². The van der Waals surface area contributed by atoms with Crippen LogP contribution >= 0.6 is 0 Å². The number of hydrogen-bond acceptors (Lipinski definition) is 2. The van der Waals surface area contributed by atoms with Gasteiger partial charge in [0.25, 0.3) is 0 Å². The molecule has 0 aliphatic heterocycles. The second-order valence-electron chi connectivity index (χ2n) is 5.89. The van der Waals surface area contributed by atoms with Crippen LogP contribution in [0.2, 0.25) is 0 Å². The lowest BCUT2D eigenvalue weighted by Gasteiger charge is -2.41. The summed E-state index contributed by atoms with van der Waals surface area (Å²) >= 11 is 0. The monoisotopic (exact) mass is 226 g/mol. The Morgan fingerprint density at radius 1 is 1.19 bits per heavy atom. The minimum Gasteiger partial charge on any atom is -0.370 e. The van der Waals surface area contributed by atoms with Crippen molar-refractivity contribution < 1.29 is 9.53 Å². The van der Waals surface area contributed by atoms with E-state index in [-0.39, 0.29) is 0 Å². The number of methoxy groups -OCH3 is 1. The topological polar surface area (TPSA) is 26.3 Å². The minimum absolute atomic E-state index is 0.326. The van der Waals surface area contributed by atoms with E-state index in [4.69, 9.17) is 4.74 Å². The third-order valence-electron chi connectivity index (χ3n) is 4.07. The van der Waals surface area contributed by atoms with Gasteiger partial charge in [0.2, 0.25) is 0 Å². The summed E-state index contributed by atoms with van der Waals surface area (Å²) in [6.07, 6.45) is 6.75. The third kappa shape index (κ3) is 3.07. The van der Waals surface area contributed by atoms with E-state index < -0.39 is 5.60 Å². The van der Waals surface area contributed by atoms with E-state index in [9.17, 15) is 4.79 Å². The normalized spacial score (nSPS) is 23.0. The lowest BCUT2D eigenvalue weighted by atomic mass is 9.69. The average molecular weight is 226 g/mol. The number of rotatable bonds is 5. The van der Waals surface area contributed by atoms with Gasteiger partial charge < -0.3 is 4.74 Å². The van der Waals surface area contributed by atoms with Crippen LogP contribution in [-0.2, 0) is 9.53 Å². The van der Waals surface area contributed by atoms with E-state index in [1.54, 1.807) is 7.11 Å². The fourth-order valence-corrected chi connectivity index (χ4v) is 2.49. The van der Waals surface area contributed by atoms with Crippen molar-refractivity contribution in [2.75, 3.05) is 7.11 Å². The fourth-order valence-electron chi connectivity index (χ4n) is 2.49. The first kappa shape index (κ1) is 13.7. The van der Waals surface area contributed by atoms with Crippen LogP contribution in [0.5, 0.6) is 0 Å². The molecular weight excluding hydrogens is 200 g/mol. The van der Waals surface area contributed by atoms with E-state index >= 15 is 0 Å². The lowest BCUT2D eigenvalue weighted by Crippen LogP contribution is -2.45. The zero-order valence-electron chi connectivity index (χ0n) is 11.3. The summed E-state index contributed by atoms with van der Waals surface area (Å²) in [4.78, 5) is 12.2. The van der Waals surface area contributed by atoms with Crippen molar-refractivity contribution in [1.29, 1.82) is 0 Å². The van der Waals surface area contributed by atoms with E-state index in [0.29, 0.717) is 17.6 Å². The van der Waals surface area contributed by atoms with Crippen molar-refractivity contribution in [3.05, 3.63) is 0 Å². The van der Waals surface area contributed by atoms with Crippen LogP contribution in [-0.4, -0.2) is 18.5 Å². The highest BCUT2D eigenvalue weighted by molar-refractivity contribution is 5.87. The molecular formula is C14H26O2. The van der Waals surface area contributed by atoms with Gasteiger partial charge in [0.15, 0.2) is 5.78 Å². The Labute approximate surface area is 99.8 Å². The number of carbonyl (C=O) groups is 1. The zero-order chi connectivity index (χ0) is 12.2. The van der Waals surface area contributed by atoms with E-state index in [1.165, 1.54) is 0 Å². The first-order valence-electron chi connectivity index (χ1n) is 6.54. The number of carbonyl (C=O) groups excluding carboxylic acids is 1. The minimum atomic E-state index is -0.454. The molecule has 1 saturated carbocycles. The molecule has 2 heteroatoms. The van der Waals surface area contributed by atoms with Gasteiger partial charge in [-0.05, 0) is 37.5 Å². The zero-order valence-corrected chi connectivity index (χ0v) is 11.3. The Bertz CT molecular complexity index is 233. The number of unbranched alkanes of at least 4 members (excludes halogenated alkanes) is 1. The molecule has 0 aromatic carbocycles. The van der Waals surface area contributed by atoms with Gasteiger partial charge in [0, 0.05) is 13.5 Å². The van der Waals surface area contributed by atoms with Crippen LogP contribution in [0.25, 0.3) is 0 Å². The maximum Gasteiger partial charge on any atom is 0.164 e. The van der Waals surface area contributed by atoms with Crippen molar-refractivity contribution in [1.82, 2.24) is 0 Å². The molecule has 0 aromatic heterocycles. The summed E-state index contributed by atoms with van der Waals surface area (Å²) in [6.45, 7) is 6.68. The fraction of sp³-hybridized carbons (Fsp3) is 0.929. The maximum absolute atomic E-state index is 12.2. The molecule has 1 aliphatic carbocycles. The summed E-state index contributed by atoms with van der Waals surface area (Å²) in [5, 5.41) is 0. The van der Waals surface area contributed by atoms with Gasteiger partial charge in [-0.25, -0.2) is 0 Å². The number of Topliss-reactive ketones (excluding diaryl/α,β-unsaturated/α-hetero) is 1. The molecule has 1 rings (SSSR count). The van der Waals surface area contributed by atoms with Gasteiger partial charge in [-0.1, -0.05) is 27.2 Å². The third-order valence-corrected chi connectivity index (χ3v) is 4.07. The smallest absolute Gasteiger partial charge is 0.164 e. The molecule has 2 nitrogen and oxygen atoms in total. The predicted molar refractivity (Wildman–Crippen MR) is 66.5 cm³/mol. The SMILES string of the molecule is CCCCC(=O)C1(OC)CCC(C)(C)CC1. The summed E-state index contributed by atoms with van der Waals surface area (Å²) in [5.41, 5.74) is -0.0717. The van der Waals surface area contributed by atoms with Crippen molar-refractivity contribution >= 4 is 5.78 Å². The van der Waals surface area contributed by atoms with Gasteiger partial charge in [-0.3, -0.25) is 4.79 Å². The largest absolute Gasteiger partial charge is 0.370 e. The van der Waals surface area contributed by atoms with Crippen molar-refractivity contribution in [2.24, 2.45) is 5.41 Å². The van der Waals surface area contributed by atoms with Gasteiger partial charge in [-0.15, -0.1) is 0 Å². The molecule has 1 aliphatic rings. The number of hydrogen-bond donors (Lipinski definition) is 0. The second kappa shape index (κ2) is 5.31. The number of ether oxygens (including phenoxy) is 1. The molecule has 0 bridgehead atoms. The molecule has 16 heavy (non-hydrogen) atoms. The first-order chi connectivity index (χ1) is 7.46. The second-order valence-corrected chi connectivity index (χ2v) is 5.89. The standard InChI is InChI=1S/C14H26O2/c1-5-6-7-12(15)14(16-4)10-8-13(2,3)9-11-14/h5-11H2,1-4H3. The average Bonchev–Trinajstić information content (AvgIpc) is 2.27. The molecule has 94 valence electrons. The maximum atomic E-state index is 12.2. The molecule has 0 atom stereocenters. The van der Waals surface area contributed by atoms with Gasteiger partial charge in [0.1, 0.15) is 5.60 Å². The van der Waals surface area contributed by atoms with Crippen molar-refractivity contribution in [3.8, 4) is 0 Å². The molecule has 0 amide bonds. The van der Waals surface area contributed by atoms with Gasteiger partial charge in [-0.2, -0.15) is 0 Å².